The molecule has 1 atom stereocenters. The summed E-state index contributed by atoms with van der Waals surface area (Å²) in [6.07, 6.45) is 4.98. The van der Waals surface area contributed by atoms with Gasteiger partial charge in [0.2, 0.25) is 0 Å². The van der Waals surface area contributed by atoms with Crippen LogP contribution in [0.25, 0.3) is 0 Å². The van der Waals surface area contributed by atoms with Crippen molar-refractivity contribution in [2.75, 3.05) is 24.5 Å². The number of rotatable bonds is 3. The van der Waals surface area contributed by atoms with Crippen LogP contribution < -0.4 is 10.2 Å². The van der Waals surface area contributed by atoms with Crippen molar-refractivity contribution < 1.29 is 0 Å². The van der Waals surface area contributed by atoms with Crippen molar-refractivity contribution in [3.05, 3.63) is 10.6 Å². The number of hydrogen-bond acceptors (Lipinski definition) is 4. The van der Waals surface area contributed by atoms with Crippen LogP contribution in [0.5, 0.6) is 0 Å². The van der Waals surface area contributed by atoms with Gasteiger partial charge in [-0.15, -0.1) is 0 Å². The van der Waals surface area contributed by atoms with E-state index in [4.69, 9.17) is 4.98 Å². The van der Waals surface area contributed by atoms with Gasteiger partial charge in [0.25, 0.3) is 0 Å². The summed E-state index contributed by atoms with van der Waals surface area (Å²) in [5, 5.41) is 4.94. The quantitative estimate of drug-likeness (QED) is 0.915. The topological polar surface area (TPSA) is 28.2 Å². The molecule has 0 radical (unpaired) electrons. The third-order valence-electron chi connectivity index (χ3n) is 4.94. The number of piperidine rings is 1. The van der Waals surface area contributed by atoms with Gasteiger partial charge in [0.1, 0.15) is 0 Å². The van der Waals surface area contributed by atoms with E-state index >= 15 is 0 Å². The molecule has 1 aliphatic heterocycles. The van der Waals surface area contributed by atoms with E-state index in [0.29, 0.717) is 11.5 Å². The highest BCUT2D eigenvalue weighted by Gasteiger charge is 2.35. The van der Waals surface area contributed by atoms with Crippen LogP contribution in [-0.4, -0.2) is 24.6 Å². The summed E-state index contributed by atoms with van der Waals surface area (Å²) >= 11 is 1.94. The maximum atomic E-state index is 5.03. The Balaban J connectivity index is 1.83. The van der Waals surface area contributed by atoms with E-state index in [1.807, 2.05) is 11.3 Å². The molecule has 4 heteroatoms. The average Bonchev–Trinajstić information content (AvgIpc) is 2.82. The molecule has 2 aliphatic rings. The molecular formula is C17H29N3S. The van der Waals surface area contributed by atoms with Gasteiger partial charge < -0.3 is 10.2 Å². The Bertz CT molecular complexity index is 486. The van der Waals surface area contributed by atoms with E-state index in [9.17, 15) is 0 Å². The van der Waals surface area contributed by atoms with Crippen LogP contribution in [0.4, 0.5) is 5.13 Å². The van der Waals surface area contributed by atoms with Gasteiger partial charge in [0, 0.05) is 24.0 Å². The molecule has 1 aromatic rings. The van der Waals surface area contributed by atoms with Crippen molar-refractivity contribution in [3.8, 4) is 0 Å². The first-order chi connectivity index (χ1) is 9.98. The fourth-order valence-electron chi connectivity index (χ4n) is 3.67. The van der Waals surface area contributed by atoms with Gasteiger partial charge in [0.15, 0.2) is 5.13 Å². The van der Waals surface area contributed by atoms with Crippen LogP contribution in [-0.2, 0) is 6.42 Å². The molecule has 1 saturated heterocycles. The molecule has 3 rings (SSSR count). The SMILES string of the molecule is CCNC1CC(C)(C)Cc2nc(N3CCC(C)CC3)sc21. The molecule has 2 heterocycles. The Morgan fingerprint density at radius 1 is 1.33 bits per heavy atom. The minimum atomic E-state index is 0.363. The smallest absolute Gasteiger partial charge is 0.185 e. The van der Waals surface area contributed by atoms with Gasteiger partial charge >= 0.3 is 0 Å². The molecule has 3 nitrogen and oxygen atoms in total. The number of aromatic nitrogens is 1. The van der Waals surface area contributed by atoms with Crippen LogP contribution in [0.1, 0.15) is 63.6 Å². The number of nitrogens with zero attached hydrogens (tertiary/aromatic N) is 2. The van der Waals surface area contributed by atoms with Gasteiger partial charge in [-0.05, 0) is 43.6 Å². The lowest BCUT2D eigenvalue weighted by Crippen LogP contribution is -2.33. The van der Waals surface area contributed by atoms with E-state index in [1.54, 1.807) is 0 Å². The first kappa shape index (κ1) is 15.3. The Morgan fingerprint density at radius 3 is 2.71 bits per heavy atom. The van der Waals surface area contributed by atoms with E-state index < -0.39 is 0 Å². The van der Waals surface area contributed by atoms with Crippen LogP contribution in [0.15, 0.2) is 0 Å². The third-order valence-corrected chi connectivity index (χ3v) is 6.21. The molecule has 1 unspecified atom stereocenters. The van der Waals surface area contributed by atoms with Crippen LogP contribution >= 0.6 is 11.3 Å². The maximum Gasteiger partial charge on any atom is 0.185 e. The molecule has 0 spiro atoms. The summed E-state index contributed by atoms with van der Waals surface area (Å²) in [7, 11) is 0. The highest BCUT2D eigenvalue weighted by molar-refractivity contribution is 7.15. The molecule has 21 heavy (non-hydrogen) atoms. The fraction of sp³-hybridized carbons (Fsp3) is 0.824. The van der Waals surface area contributed by atoms with Gasteiger partial charge in [-0.25, -0.2) is 4.98 Å². The predicted molar refractivity (Wildman–Crippen MR) is 91.2 cm³/mol. The Hall–Kier alpha value is -0.610. The molecule has 1 N–H and O–H groups in total. The molecule has 0 saturated carbocycles. The van der Waals surface area contributed by atoms with Crippen molar-refractivity contribution in [2.24, 2.45) is 11.3 Å². The molecule has 0 bridgehead atoms. The fourth-order valence-corrected chi connectivity index (χ4v) is 4.88. The second-order valence-electron chi connectivity index (χ2n) is 7.63. The second-order valence-corrected chi connectivity index (χ2v) is 8.64. The zero-order valence-corrected chi connectivity index (χ0v) is 14.7. The van der Waals surface area contributed by atoms with Gasteiger partial charge in [-0.3, -0.25) is 0 Å². The van der Waals surface area contributed by atoms with Crippen molar-refractivity contribution in [1.29, 1.82) is 0 Å². The molecule has 1 fully saturated rings. The molecule has 0 amide bonds. The molecule has 1 aliphatic carbocycles. The monoisotopic (exact) mass is 307 g/mol. The Morgan fingerprint density at radius 2 is 2.05 bits per heavy atom. The third kappa shape index (κ3) is 3.26. The summed E-state index contributed by atoms with van der Waals surface area (Å²) in [5.74, 6) is 0.879. The van der Waals surface area contributed by atoms with Gasteiger partial charge in [-0.1, -0.05) is 39.0 Å². The number of anilines is 1. The number of fused-ring (bicyclic) bond motifs is 1. The van der Waals surface area contributed by atoms with E-state index in [0.717, 1.165) is 18.9 Å². The van der Waals surface area contributed by atoms with Crippen molar-refractivity contribution >= 4 is 16.5 Å². The first-order valence-corrected chi connectivity index (χ1v) is 9.28. The highest BCUT2D eigenvalue weighted by atomic mass is 32.1. The lowest BCUT2D eigenvalue weighted by molar-refractivity contribution is 0.260. The van der Waals surface area contributed by atoms with E-state index in [1.165, 1.54) is 48.1 Å². The number of thiazole rings is 1. The minimum Gasteiger partial charge on any atom is -0.348 e. The maximum absolute atomic E-state index is 5.03. The summed E-state index contributed by atoms with van der Waals surface area (Å²) in [6, 6.07) is 0.503. The average molecular weight is 308 g/mol. The standard InChI is InChI=1S/C17H29N3S/c1-5-18-13-10-17(3,4)11-14-15(13)21-16(19-14)20-8-6-12(2)7-9-20/h12-13,18H,5-11H2,1-4H3. The normalized spacial score (nSPS) is 25.9. The largest absolute Gasteiger partial charge is 0.348 e. The van der Waals surface area contributed by atoms with Crippen molar-refractivity contribution in [1.82, 2.24) is 10.3 Å². The number of nitrogens with one attached hydrogen (secondary N) is 1. The van der Waals surface area contributed by atoms with E-state index in [-0.39, 0.29) is 0 Å². The number of hydrogen-bond donors (Lipinski definition) is 1. The first-order valence-electron chi connectivity index (χ1n) is 8.46. The zero-order valence-electron chi connectivity index (χ0n) is 13.9. The van der Waals surface area contributed by atoms with Gasteiger partial charge in [0.05, 0.1) is 5.69 Å². The second kappa shape index (κ2) is 5.88. The van der Waals surface area contributed by atoms with E-state index in [2.05, 4.69) is 37.9 Å². The summed E-state index contributed by atoms with van der Waals surface area (Å²) in [5.41, 5.74) is 1.72. The minimum absolute atomic E-state index is 0.363. The van der Waals surface area contributed by atoms with Crippen LogP contribution in [0.3, 0.4) is 0 Å². The van der Waals surface area contributed by atoms with Crippen LogP contribution in [0.2, 0.25) is 0 Å². The van der Waals surface area contributed by atoms with Crippen LogP contribution in [0, 0.1) is 11.3 Å². The zero-order chi connectivity index (χ0) is 15.0. The molecule has 1 aromatic heterocycles. The lowest BCUT2D eigenvalue weighted by Gasteiger charge is -2.34. The summed E-state index contributed by atoms with van der Waals surface area (Å²) in [6.45, 7) is 12.7. The summed E-state index contributed by atoms with van der Waals surface area (Å²) < 4.78 is 0. The van der Waals surface area contributed by atoms with Crippen molar-refractivity contribution in [3.63, 3.8) is 0 Å². The Labute approximate surface area is 133 Å². The van der Waals surface area contributed by atoms with Gasteiger partial charge in [-0.2, -0.15) is 0 Å². The lowest BCUT2D eigenvalue weighted by atomic mass is 9.76. The predicted octanol–water partition coefficient (Wildman–Crippen LogP) is 4.00. The van der Waals surface area contributed by atoms with Crippen molar-refractivity contribution in [2.45, 2.75) is 59.4 Å². The summed E-state index contributed by atoms with van der Waals surface area (Å²) in [4.78, 5) is 9.05. The molecule has 118 valence electrons. The Kier molecular flexibility index (Phi) is 4.28. The molecule has 0 aromatic carbocycles. The molecular weight excluding hydrogens is 278 g/mol. The highest BCUT2D eigenvalue weighted by Crippen LogP contribution is 2.45.